The van der Waals surface area contributed by atoms with E-state index in [-0.39, 0.29) is 16.9 Å². The molecule has 1 aromatic rings. The number of nitrogens with one attached hydrogen (secondary N) is 2. The molecule has 0 atom stereocenters. The molecule has 7 heteroatoms. The first-order valence-electron chi connectivity index (χ1n) is 7.25. The van der Waals surface area contributed by atoms with E-state index in [0.29, 0.717) is 12.4 Å². The lowest BCUT2D eigenvalue weighted by molar-refractivity contribution is -0.384. The Morgan fingerprint density at radius 1 is 1.38 bits per heavy atom. The van der Waals surface area contributed by atoms with Crippen LogP contribution in [0.15, 0.2) is 12.1 Å². The summed E-state index contributed by atoms with van der Waals surface area (Å²) in [7, 11) is 0. The Kier molecular flexibility index (Phi) is 6.36. The number of hydrogen-bond donors (Lipinski definition) is 3. The molecule has 7 nitrogen and oxygen atoms in total. The van der Waals surface area contributed by atoms with Crippen LogP contribution < -0.4 is 16.6 Å². The molecule has 0 saturated carbocycles. The summed E-state index contributed by atoms with van der Waals surface area (Å²) >= 11 is 0. The number of rotatable bonds is 9. The van der Waals surface area contributed by atoms with E-state index in [1.54, 1.807) is 0 Å². The van der Waals surface area contributed by atoms with Gasteiger partial charge in [-0.1, -0.05) is 40.0 Å². The fourth-order valence-corrected chi connectivity index (χ4v) is 2.07. The van der Waals surface area contributed by atoms with Crippen molar-refractivity contribution < 1.29 is 4.92 Å². The highest BCUT2D eigenvalue weighted by molar-refractivity contribution is 5.60. The molecule has 1 heterocycles. The van der Waals surface area contributed by atoms with Gasteiger partial charge in [-0.2, -0.15) is 0 Å². The van der Waals surface area contributed by atoms with Crippen LogP contribution in [0.3, 0.4) is 0 Å². The van der Waals surface area contributed by atoms with Gasteiger partial charge in [-0.25, -0.2) is 10.8 Å². The first-order valence-corrected chi connectivity index (χ1v) is 7.25. The summed E-state index contributed by atoms with van der Waals surface area (Å²) in [6, 6.07) is 2.88. The maximum Gasteiger partial charge on any atom is 0.311 e. The van der Waals surface area contributed by atoms with Crippen LogP contribution in [0.4, 0.5) is 17.3 Å². The Labute approximate surface area is 125 Å². The average molecular weight is 295 g/mol. The zero-order valence-corrected chi connectivity index (χ0v) is 13.0. The van der Waals surface area contributed by atoms with Gasteiger partial charge in [0.05, 0.1) is 4.92 Å². The minimum atomic E-state index is -0.445. The molecule has 21 heavy (non-hydrogen) atoms. The second-order valence-corrected chi connectivity index (χ2v) is 5.94. The molecule has 4 N–H and O–H groups in total. The van der Waals surface area contributed by atoms with E-state index in [1.165, 1.54) is 25.0 Å². The number of pyridine rings is 1. The minimum Gasteiger partial charge on any atom is -0.364 e. The molecule has 0 aliphatic rings. The first kappa shape index (κ1) is 17.2. The van der Waals surface area contributed by atoms with Gasteiger partial charge >= 0.3 is 5.69 Å². The zero-order chi connectivity index (χ0) is 15.9. The second-order valence-electron chi connectivity index (χ2n) is 5.94. The van der Waals surface area contributed by atoms with Gasteiger partial charge in [-0.3, -0.25) is 10.1 Å². The van der Waals surface area contributed by atoms with Crippen LogP contribution in [0, 0.1) is 15.5 Å². The van der Waals surface area contributed by atoms with Crippen molar-refractivity contribution in [1.29, 1.82) is 0 Å². The van der Waals surface area contributed by atoms with Crippen molar-refractivity contribution in [2.24, 2.45) is 11.3 Å². The molecule has 1 aromatic heterocycles. The smallest absolute Gasteiger partial charge is 0.311 e. The van der Waals surface area contributed by atoms with Gasteiger partial charge in [0.25, 0.3) is 0 Å². The molecule has 0 aliphatic carbocycles. The minimum absolute atomic E-state index is 0.0432. The molecule has 0 unspecified atom stereocenters. The van der Waals surface area contributed by atoms with Gasteiger partial charge < -0.3 is 10.7 Å². The van der Waals surface area contributed by atoms with Crippen LogP contribution in [-0.2, 0) is 0 Å². The molecule has 0 radical (unpaired) electrons. The normalized spacial score (nSPS) is 11.2. The number of nitrogens with two attached hydrogens (primary N) is 1. The van der Waals surface area contributed by atoms with E-state index in [0.717, 1.165) is 12.8 Å². The van der Waals surface area contributed by atoms with E-state index in [9.17, 15) is 10.1 Å². The lowest BCUT2D eigenvalue weighted by atomic mass is 9.87. The van der Waals surface area contributed by atoms with E-state index < -0.39 is 4.92 Å². The standard InChI is InChI=1S/C14H25N5O2/c1-4-5-6-9-14(2,3)10-16-13-11(19(20)21)7-8-12(17-13)18-15/h7-8H,4-6,9-10,15H2,1-3H3,(H2,16,17,18). The quantitative estimate of drug-likeness (QED) is 0.279. The highest BCUT2D eigenvalue weighted by Crippen LogP contribution is 2.28. The van der Waals surface area contributed by atoms with E-state index in [1.807, 2.05) is 0 Å². The number of nitro groups is 1. The molecule has 0 amide bonds. The summed E-state index contributed by atoms with van der Waals surface area (Å²) in [6.07, 6.45) is 4.61. The molecule has 0 spiro atoms. The Morgan fingerprint density at radius 3 is 2.67 bits per heavy atom. The number of aromatic nitrogens is 1. The van der Waals surface area contributed by atoms with Crippen LogP contribution in [0.2, 0.25) is 0 Å². The van der Waals surface area contributed by atoms with E-state index >= 15 is 0 Å². The Balaban J connectivity index is 2.74. The van der Waals surface area contributed by atoms with Crippen LogP contribution >= 0.6 is 0 Å². The summed E-state index contributed by atoms with van der Waals surface area (Å²) in [4.78, 5) is 14.7. The Morgan fingerprint density at radius 2 is 2.10 bits per heavy atom. The molecule has 1 rings (SSSR count). The van der Waals surface area contributed by atoms with Gasteiger partial charge in [0.15, 0.2) is 0 Å². The van der Waals surface area contributed by atoms with Crippen molar-refractivity contribution in [3.8, 4) is 0 Å². The van der Waals surface area contributed by atoms with Crippen LogP contribution in [-0.4, -0.2) is 16.5 Å². The maximum atomic E-state index is 11.0. The number of hydrazine groups is 1. The monoisotopic (exact) mass is 295 g/mol. The molecule has 0 aromatic carbocycles. The highest BCUT2D eigenvalue weighted by atomic mass is 16.6. The third kappa shape index (κ3) is 5.55. The predicted molar refractivity (Wildman–Crippen MR) is 85.1 cm³/mol. The average Bonchev–Trinajstić information content (AvgIpc) is 2.45. The van der Waals surface area contributed by atoms with Gasteiger partial charge in [0, 0.05) is 12.6 Å². The summed E-state index contributed by atoms with van der Waals surface area (Å²) in [5.74, 6) is 5.94. The molecule has 0 saturated heterocycles. The predicted octanol–water partition coefficient (Wildman–Crippen LogP) is 3.29. The number of nitrogens with zero attached hydrogens (tertiary/aromatic N) is 2. The van der Waals surface area contributed by atoms with Gasteiger partial charge in [0.1, 0.15) is 5.82 Å². The largest absolute Gasteiger partial charge is 0.364 e. The topological polar surface area (TPSA) is 106 Å². The molecular formula is C14H25N5O2. The van der Waals surface area contributed by atoms with Crippen LogP contribution in [0.5, 0.6) is 0 Å². The zero-order valence-electron chi connectivity index (χ0n) is 13.0. The highest BCUT2D eigenvalue weighted by Gasteiger charge is 2.21. The second kappa shape index (κ2) is 7.78. The molecular weight excluding hydrogens is 270 g/mol. The summed E-state index contributed by atoms with van der Waals surface area (Å²) in [5.41, 5.74) is 2.41. The molecule has 118 valence electrons. The fourth-order valence-electron chi connectivity index (χ4n) is 2.07. The number of unbranched alkanes of at least 4 members (excludes halogenated alkanes) is 2. The maximum absolute atomic E-state index is 11.0. The third-order valence-corrected chi connectivity index (χ3v) is 3.41. The van der Waals surface area contributed by atoms with Crippen molar-refractivity contribution in [2.75, 3.05) is 17.3 Å². The van der Waals surface area contributed by atoms with Crippen molar-refractivity contribution in [3.05, 3.63) is 22.2 Å². The third-order valence-electron chi connectivity index (χ3n) is 3.41. The van der Waals surface area contributed by atoms with Crippen molar-refractivity contribution in [3.63, 3.8) is 0 Å². The van der Waals surface area contributed by atoms with E-state index in [4.69, 9.17) is 5.84 Å². The lowest BCUT2D eigenvalue weighted by Crippen LogP contribution is -2.24. The molecule has 0 fully saturated rings. The fraction of sp³-hybridized carbons (Fsp3) is 0.643. The number of anilines is 2. The summed E-state index contributed by atoms with van der Waals surface area (Å²) < 4.78 is 0. The van der Waals surface area contributed by atoms with Gasteiger partial charge in [-0.15, -0.1) is 0 Å². The lowest BCUT2D eigenvalue weighted by Gasteiger charge is -2.25. The SMILES string of the molecule is CCCCCC(C)(C)CNc1nc(NN)ccc1[N+](=O)[O-]. The number of nitrogen functional groups attached to an aromatic ring is 1. The summed E-state index contributed by atoms with van der Waals surface area (Å²) in [5, 5.41) is 14.1. The van der Waals surface area contributed by atoms with Gasteiger partial charge in [-0.05, 0) is 17.9 Å². The number of hydrogen-bond acceptors (Lipinski definition) is 6. The Hall–Kier alpha value is -1.89. The van der Waals surface area contributed by atoms with Crippen molar-refractivity contribution in [1.82, 2.24) is 4.98 Å². The van der Waals surface area contributed by atoms with E-state index in [2.05, 4.69) is 36.5 Å². The first-order chi connectivity index (χ1) is 9.89. The summed E-state index contributed by atoms with van der Waals surface area (Å²) in [6.45, 7) is 7.08. The van der Waals surface area contributed by atoms with Crippen molar-refractivity contribution >= 4 is 17.3 Å². The Bertz CT molecular complexity index is 476. The van der Waals surface area contributed by atoms with Gasteiger partial charge in [0.2, 0.25) is 5.82 Å². The molecule has 0 aliphatic heterocycles. The van der Waals surface area contributed by atoms with Crippen LogP contribution in [0.1, 0.15) is 46.5 Å². The van der Waals surface area contributed by atoms with Crippen molar-refractivity contribution in [2.45, 2.75) is 46.5 Å². The molecule has 0 bridgehead atoms. The van der Waals surface area contributed by atoms with Crippen LogP contribution in [0.25, 0.3) is 0 Å².